The van der Waals surface area contributed by atoms with Gasteiger partial charge in [0.15, 0.2) is 0 Å². The molecule has 0 bridgehead atoms. The van der Waals surface area contributed by atoms with Crippen molar-refractivity contribution in [1.82, 2.24) is 4.98 Å². The molecule has 0 unspecified atom stereocenters. The summed E-state index contributed by atoms with van der Waals surface area (Å²) in [4.78, 5) is 5.89. The minimum atomic E-state index is -0.605. The molecular formula is C14H13ClF2N2S. The number of nitrogens with zero attached hydrogens (tertiary/aromatic N) is 2. The second-order valence-electron chi connectivity index (χ2n) is 4.97. The van der Waals surface area contributed by atoms with Gasteiger partial charge in [-0.3, -0.25) is 0 Å². The predicted molar refractivity (Wildman–Crippen MR) is 80.8 cm³/mol. The molecule has 1 aliphatic rings. The molecule has 20 heavy (non-hydrogen) atoms. The van der Waals surface area contributed by atoms with Gasteiger partial charge in [0.2, 0.25) is 0 Å². The first-order chi connectivity index (χ1) is 9.60. The van der Waals surface area contributed by atoms with E-state index in [9.17, 15) is 8.78 Å². The number of hydrogen-bond acceptors (Lipinski definition) is 3. The molecule has 3 rings (SSSR count). The van der Waals surface area contributed by atoms with Crippen LogP contribution in [0.2, 0.25) is 5.15 Å². The van der Waals surface area contributed by atoms with Gasteiger partial charge in [-0.25, -0.2) is 13.8 Å². The molecule has 106 valence electrons. The average molecular weight is 315 g/mol. The van der Waals surface area contributed by atoms with Gasteiger partial charge in [0, 0.05) is 42.0 Å². The lowest BCUT2D eigenvalue weighted by molar-refractivity contribution is 0.447. The number of hydrogen-bond donors (Lipinski definition) is 0. The van der Waals surface area contributed by atoms with Crippen molar-refractivity contribution in [3.63, 3.8) is 0 Å². The smallest absolute Gasteiger partial charge is 0.150 e. The number of halogens is 3. The molecule has 6 heteroatoms. The Bertz CT molecular complexity index is 659. The van der Waals surface area contributed by atoms with E-state index in [2.05, 4.69) is 11.2 Å². The van der Waals surface area contributed by atoms with Crippen LogP contribution >= 0.6 is 23.4 Å². The lowest BCUT2D eigenvalue weighted by Gasteiger charge is -2.41. The van der Waals surface area contributed by atoms with Crippen LogP contribution in [0, 0.1) is 17.6 Å². The van der Waals surface area contributed by atoms with Crippen molar-refractivity contribution >= 4 is 39.8 Å². The van der Waals surface area contributed by atoms with E-state index in [1.165, 1.54) is 12.3 Å². The number of fused-ring (bicyclic) bond motifs is 1. The lowest BCUT2D eigenvalue weighted by Crippen LogP contribution is -2.48. The molecule has 0 N–H and O–H groups in total. The summed E-state index contributed by atoms with van der Waals surface area (Å²) < 4.78 is 28.0. The zero-order valence-electron chi connectivity index (χ0n) is 10.9. The van der Waals surface area contributed by atoms with Crippen molar-refractivity contribution in [2.24, 2.45) is 5.92 Å². The van der Waals surface area contributed by atoms with Crippen molar-refractivity contribution in [2.75, 3.05) is 30.0 Å². The van der Waals surface area contributed by atoms with Gasteiger partial charge in [0.1, 0.15) is 16.8 Å². The van der Waals surface area contributed by atoms with E-state index in [0.717, 1.165) is 24.9 Å². The SMILES string of the molecule is CSCC1CN(c2c(F)cc(F)c3cc(Cl)ncc23)C1. The standard InChI is InChI=1S/C14H13ClF2N2S/c1-20-7-8-5-19(6-8)14-10-4-18-13(15)2-9(10)11(16)3-12(14)17/h2-4,8H,5-7H2,1H3. The molecule has 1 aliphatic heterocycles. The highest BCUT2D eigenvalue weighted by Crippen LogP contribution is 2.36. The van der Waals surface area contributed by atoms with Crippen molar-refractivity contribution < 1.29 is 8.78 Å². The number of rotatable bonds is 3. The van der Waals surface area contributed by atoms with Crippen LogP contribution in [0.3, 0.4) is 0 Å². The lowest BCUT2D eigenvalue weighted by atomic mass is 9.99. The van der Waals surface area contributed by atoms with Crippen molar-refractivity contribution in [2.45, 2.75) is 0 Å². The van der Waals surface area contributed by atoms with E-state index in [1.54, 1.807) is 11.8 Å². The van der Waals surface area contributed by atoms with Gasteiger partial charge in [-0.15, -0.1) is 0 Å². The summed E-state index contributed by atoms with van der Waals surface area (Å²) in [5.41, 5.74) is 0.433. The van der Waals surface area contributed by atoms with Gasteiger partial charge < -0.3 is 4.90 Å². The summed E-state index contributed by atoms with van der Waals surface area (Å²) in [6.07, 6.45) is 3.50. The molecule has 2 heterocycles. The molecule has 1 aromatic heterocycles. The van der Waals surface area contributed by atoms with Crippen LogP contribution in [-0.2, 0) is 0 Å². The minimum Gasteiger partial charge on any atom is -0.368 e. The Kier molecular flexibility index (Phi) is 3.73. The fourth-order valence-corrected chi connectivity index (χ4v) is 3.46. The third-order valence-electron chi connectivity index (χ3n) is 3.54. The fourth-order valence-electron chi connectivity index (χ4n) is 2.62. The summed E-state index contributed by atoms with van der Waals surface area (Å²) in [5, 5.41) is 1.00. The Labute approximate surface area is 125 Å². The number of anilines is 1. The zero-order valence-corrected chi connectivity index (χ0v) is 12.4. The highest BCUT2D eigenvalue weighted by Gasteiger charge is 2.30. The monoisotopic (exact) mass is 314 g/mol. The first kappa shape index (κ1) is 13.9. The molecule has 0 atom stereocenters. The Hall–Kier alpha value is -1.07. The van der Waals surface area contributed by atoms with Crippen molar-refractivity contribution in [3.05, 3.63) is 35.1 Å². The number of aromatic nitrogens is 1. The zero-order chi connectivity index (χ0) is 14.3. The summed E-state index contributed by atoms with van der Waals surface area (Å²) in [6.45, 7) is 1.59. The van der Waals surface area contributed by atoms with Gasteiger partial charge in [0.25, 0.3) is 0 Å². The van der Waals surface area contributed by atoms with Crippen LogP contribution in [0.1, 0.15) is 0 Å². The molecule has 0 aliphatic carbocycles. The molecule has 2 nitrogen and oxygen atoms in total. The second-order valence-corrected chi connectivity index (χ2v) is 6.27. The number of benzene rings is 1. The maximum absolute atomic E-state index is 14.1. The normalized spacial score (nSPS) is 15.7. The van der Waals surface area contributed by atoms with Crippen LogP contribution in [-0.4, -0.2) is 30.1 Å². The van der Waals surface area contributed by atoms with E-state index in [4.69, 9.17) is 11.6 Å². The van der Waals surface area contributed by atoms with Crippen molar-refractivity contribution in [3.8, 4) is 0 Å². The van der Waals surface area contributed by atoms with E-state index in [1.807, 2.05) is 4.90 Å². The maximum atomic E-state index is 14.1. The van der Waals surface area contributed by atoms with Gasteiger partial charge >= 0.3 is 0 Å². The summed E-state index contributed by atoms with van der Waals surface area (Å²) in [5.74, 6) is 0.472. The second kappa shape index (κ2) is 5.37. The largest absolute Gasteiger partial charge is 0.368 e. The summed E-state index contributed by atoms with van der Waals surface area (Å²) in [7, 11) is 0. The van der Waals surface area contributed by atoms with Gasteiger partial charge in [-0.2, -0.15) is 11.8 Å². The van der Waals surface area contributed by atoms with Crippen LogP contribution in [0.15, 0.2) is 18.3 Å². The summed E-state index contributed by atoms with van der Waals surface area (Å²) >= 11 is 7.57. The first-order valence-corrected chi connectivity index (χ1v) is 8.04. The third kappa shape index (κ3) is 2.33. The molecule has 1 saturated heterocycles. The topological polar surface area (TPSA) is 16.1 Å². The van der Waals surface area contributed by atoms with Crippen LogP contribution in [0.4, 0.5) is 14.5 Å². The number of thioether (sulfide) groups is 1. The maximum Gasteiger partial charge on any atom is 0.150 e. The molecule has 1 aromatic carbocycles. The van der Waals surface area contributed by atoms with Gasteiger partial charge in [-0.05, 0) is 18.1 Å². The Morgan fingerprint density at radius 1 is 1.30 bits per heavy atom. The Morgan fingerprint density at radius 2 is 2.05 bits per heavy atom. The highest BCUT2D eigenvalue weighted by atomic mass is 35.5. The molecule has 1 fully saturated rings. The van der Waals surface area contributed by atoms with Crippen molar-refractivity contribution in [1.29, 1.82) is 0 Å². The van der Waals surface area contributed by atoms with E-state index in [-0.39, 0.29) is 5.15 Å². The van der Waals surface area contributed by atoms with Gasteiger partial charge in [-0.1, -0.05) is 11.6 Å². The molecule has 2 aromatic rings. The van der Waals surface area contributed by atoms with Crippen LogP contribution < -0.4 is 4.90 Å². The summed E-state index contributed by atoms with van der Waals surface area (Å²) in [6, 6.07) is 2.37. The van der Waals surface area contributed by atoms with E-state index in [0.29, 0.717) is 22.4 Å². The Morgan fingerprint density at radius 3 is 2.75 bits per heavy atom. The van der Waals surface area contributed by atoms with E-state index < -0.39 is 11.6 Å². The quantitative estimate of drug-likeness (QED) is 0.798. The third-order valence-corrected chi connectivity index (χ3v) is 4.55. The van der Waals surface area contributed by atoms with Crippen LogP contribution in [0.5, 0.6) is 0 Å². The molecule has 0 saturated carbocycles. The first-order valence-electron chi connectivity index (χ1n) is 6.27. The molecule has 0 amide bonds. The highest BCUT2D eigenvalue weighted by molar-refractivity contribution is 7.98. The predicted octanol–water partition coefficient (Wildman–Crippen LogP) is 3.97. The Balaban J connectivity index is 2.03. The average Bonchev–Trinajstić information content (AvgIpc) is 2.36. The fraction of sp³-hybridized carbons (Fsp3) is 0.357. The van der Waals surface area contributed by atoms with E-state index >= 15 is 0 Å². The molecular weight excluding hydrogens is 302 g/mol. The van der Waals surface area contributed by atoms with Crippen LogP contribution in [0.25, 0.3) is 10.8 Å². The van der Waals surface area contributed by atoms with Gasteiger partial charge in [0.05, 0.1) is 5.69 Å². The minimum absolute atomic E-state index is 0.206. The molecule has 0 spiro atoms. The number of pyridine rings is 1. The molecule has 0 radical (unpaired) electrons.